The lowest BCUT2D eigenvalue weighted by Crippen LogP contribution is -1.98. The lowest BCUT2D eigenvalue weighted by Gasteiger charge is -2.15. The molecule has 5 heteroatoms. The first-order valence-corrected chi connectivity index (χ1v) is 15.7. The smallest absolute Gasteiger partial charge is 0.137 e. The van der Waals surface area contributed by atoms with E-state index < -0.39 is 0 Å². The highest BCUT2D eigenvalue weighted by atomic mass is 15.1. The van der Waals surface area contributed by atoms with Gasteiger partial charge in [0, 0.05) is 46.7 Å². The van der Waals surface area contributed by atoms with Gasteiger partial charge in [-0.3, -0.25) is 14.5 Å². The quantitative estimate of drug-likeness (QED) is 0.189. The molecule has 0 spiro atoms. The molecule has 0 aliphatic heterocycles. The van der Waals surface area contributed by atoms with Crippen molar-refractivity contribution in [2.75, 3.05) is 0 Å². The van der Waals surface area contributed by atoms with Crippen molar-refractivity contribution in [1.29, 1.82) is 0 Å². The van der Waals surface area contributed by atoms with Gasteiger partial charge in [0.25, 0.3) is 0 Å². The molecule has 5 nitrogen and oxygen atoms in total. The summed E-state index contributed by atoms with van der Waals surface area (Å²) in [6, 6.07) is 44.8. The van der Waals surface area contributed by atoms with Gasteiger partial charge in [-0.1, -0.05) is 78.9 Å². The average Bonchev–Trinajstić information content (AvgIpc) is 3.48. The molecule has 5 aromatic carbocycles. The molecule has 0 bridgehead atoms. The third-order valence-electron chi connectivity index (χ3n) is 9.34. The fourth-order valence-corrected chi connectivity index (χ4v) is 7.19. The molecule has 47 heavy (non-hydrogen) atoms. The molecule has 0 amide bonds. The Kier molecular flexibility index (Phi) is 5.51. The summed E-state index contributed by atoms with van der Waals surface area (Å²) in [5.41, 5.74) is 7.88. The summed E-state index contributed by atoms with van der Waals surface area (Å²) in [6.45, 7) is 0. The second-order valence-electron chi connectivity index (χ2n) is 12.0. The fourth-order valence-electron chi connectivity index (χ4n) is 7.19. The summed E-state index contributed by atoms with van der Waals surface area (Å²) in [6.07, 6.45) is 7.54. The van der Waals surface area contributed by atoms with Crippen LogP contribution in [0.3, 0.4) is 0 Å². The van der Waals surface area contributed by atoms with Gasteiger partial charge in [-0.15, -0.1) is 0 Å². The van der Waals surface area contributed by atoms with E-state index in [1.165, 1.54) is 32.3 Å². The Morgan fingerprint density at radius 3 is 2.09 bits per heavy atom. The van der Waals surface area contributed by atoms with Gasteiger partial charge in [-0.2, -0.15) is 0 Å². The summed E-state index contributed by atoms with van der Waals surface area (Å²) >= 11 is 0. The lowest BCUT2D eigenvalue weighted by atomic mass is 9.90. The highest BCUT2D eigenvalue weighted by Gasteiger charge is 2.17. The maximum Gasteiger partial charge on any atom is 0.137 e. The van der Waals surface area contributed by atoms with Crippen molar-refractivity contribution in [2.24, 2.45) is 0 Å². The zero-order chi connectivity index (χ0) is 30.9. The molecule has 0 aliphatic rings. The minimum atomic E-state index is 0.822. The van der Waals surface area contributed by atoms with Crippen LogP contribution in [0.4, 0.5) is 0 Å². The van der Waals surface area contributed by atoms with Crippen molar-refractivity contribution < 1.29 is 0 Å². The maximum atomic E-state index is 5.22. The van der Waals surface area contributed by atoms with Crippen LogP contribution >= 0.6 is 0 Å². The van der Waals surface area contributed by atoms with E-state index in [4.69, 9.17) is 9.97 Å². The van der Waals surface area contributed by atoms with Crippen molar-refractivity contribution in [1.82, 2.24) is 24.5 Å². The van der Waals surface area contributed by atoms with Gasteiger partial charge in [-0.05, 0) is 86.4 Å². The van der Waals surface area contributed by atoms with Gasteiger partial charge in [-0.25, -0.2) is 9.97 Å². The van der Waals surface area contributed by atoms with Gasteiger partial charge in [0.1, 0.15) is 5.82 Å². The van der Waals surface area contributed by atoms with E-state index in [0.717, 1.165) is 61.4 Å². The molecule has 5 aromatic heterocycles. The van der Waals surface area contributed by atoms with Crippen molar-refractivity contribution >= 4 is 54.1 Å². The molecule has 0 N–H and O–H groups in total. The van der Waals surface area contributed by atoms with Gasteiger partial charge < -0.3 is 0 Å². The first-order chi connectivity index (χ1) is 23.3. The highest BCUT2D eigenvalue weighted by molar-refractivity contribution is 6.25. The maximum absolute atomic E-state index is 5.22. The molecular formula is C42H25N5. The van der Waals surface area contributed by atoms with Crippen LogP contribution in [-0.4, -0.2) is 24.5 Å². The molecule has 5 heterocycles. The largest absolute Gasteiger partial charge is 0.294 e. The molecular weight excluding hydrogens is 574 g/mol. The zero-order valence-electron chi connectivity index (χ0n) is 25.2. The first kappa shape index (κ1) is 25.8. The van der Waals surface area contributed by atoms with E-state index in [2.05, 4.69) is 124 Å². The monoisotopic (exact) mass is 599 g/mol. The normalized spacial score (nSPS) is 11.8. The number of para-hydroxylation sites is 1. The van der Waals surface area contributed by atoms with Crippen LogP contribution in [0.25, 0.3) is 93.7 Å². The lowest BCUT2D eigenvalue weighted by molar-refractivity contribution is 1.08. The summed E-state index contributed by atoms with van der Waals surface area (Å²) in [5.74, 6) is 0.858. The highest BCUT2D eigenvalue weighted by Crippen LogP contribution is 2.40. The van der Waals surface area contributed by atoms with E-state index in [0.29, 0.717) is 0 Å². The Morgan fingerprint density at radius 2 is 1.23 bits per heavy atom. The molecule has 0 saturated heterocycles. The SMILES string of the molecule is c1ccc(-c2cc(-c3ccc(-n4c5ccccc5c5cnccc54)nc3)cc(-c3ccc4ccc5cccc6ccc3c4c56)n2)nc1. The van der Waals surface area contributed by atoms with Crippen LogP contribution in [0.1, 0.15) is 0 Å². The number of hydrogen-bond acceptors (Lipinski definition) is 4. The Balaban J connectivity index is 1.16. The number of pyridine rings is 4. The van der Waals surface area contributed by atoms with Crippen LogP contribution < -0.4 is 0 Å². The van der Waals surface area contributed by atoms with Crippen LogP contribution in [-0.2, 0) is 0 Å². The second-order valence-corrected chi connectivity index (χ2v) is 12.0. The minimum Gasteiger partial charge on any atom is -0.294 e. The molecule has 0 radical (unpaired) electrons. The summed E-state index contributed by atoms with van der Waals surface area (Å²) < 4.78 is 2.21. The Bertz CT molecular complexity index is 2710. The van der Waals surface area contributed by atoms with Gasteiger partial charge in [0.15, 0.2) is 0 Å². The number of nitrogens with zero attached hydrogens (tertiary/aromatic N) is 5. The number of hydrogen-bond donors (Lipinski definition) is 0. The standard InChI is InChI=1S/C42H25N5/c1-2-10-38-32(8-1)34-25-43-21-19-39(34)47(38)40-18-15-29(24-45-40)30-22-36(46-37(23-30)35-9-3-4-20-44-35)31-16-13-28-12-11-26-6-5-7-27-14-17-33(31)42(28)41(26)27/h1-25H. The summed E-state index contributed by atoms with van der Waals surface area (Å²) in [5, 5.41) is 9.77. The number of rotatable bonds is 4. The van der Waals surface area contributed by atoms with E-state index in [1.807, 2.05) is 43.0 Å². The fraction of sp³-hybridized carbons (Fsp3) is 0. The van der Waals surface area contributed by atoms with Gasteiger partial charge >= 0.3 is 0 Å². The van der Waals surface area contributed by atoms with Crippen molar-refractivity contribution in [3.63, 3.8) is 0 Å². The van der Waals surface area contributed by atoms with Crippen LogP contribution in [0, 0.1) is 0 Å². The summed E-state index contributed by atoms with van der Waals surface area (Å²) in [4.78, 5) is 19.3. The van der Waals surface area contributed by atoms with Crippen molar-refractivity contribution in [3.05, 3.63) is 152 Å². The number of benzene rings is 5. The molecule has 0 saturated carbocycles. The first-order valence-electron chi connectivity index (χ1n) is 15.7. The summed E-state index contributed by atoms with van der Waals surface area (Å²) in [7, 11) is 0. The molecule has 0 unspecified atom stereocenters. The Hall–Kier alpha value is -6.46. The topological polar surface area (TPSA) is 56.5 Å². The molecule has 218 valence electrons. The van der Waals surface area contributed by atoms with Gasteiger partial charge in [0.2, 0.25) is 0 Å². The zero-order valence-corrected chi connectivity index (χ0v) is 25.2. The van der Waals surface area contributed by atoms with Gasteiger partial charge in [0.05, 0.1) is 28.1 Å². The molecule has 0 aliphatic carbocycles. The Morgan fingerprint density at radius 1 is 0.447 bits per heavy atom. The van der Waals surface area contributed by atoms with Crippen molar-refractivity contribution in [3.8, 4) is 39.6 Å². The molecule has 0 atom stereocenters. The number of aromatic nitrogens is 5. The predicted octanol–water partition coefficient (Wildman–Crippen LogP) is 10.3. The molecule has 10 rings (SSSR count). The molecule has 10 aromatic rings. The number of fused-ring (bicyclic) bond motifs is 3. The van der Waals surface area contributed by atoms with Crippen molar-refractivity contribution in [2.45, 2.75) is 0 Å². The van der Waals surface area contributed by atoms with Crippen LogP contribution in [0.5, 0.6) is 0 Å². The minimum absolute atomic E-state index is 0.822. The van der Waals surface area contributed by atoms with E-state index in [9.17, 15) is 0 Å². The van der Waals surface area contributed by atoms with E-state index in [1.54, 1.807) is 0 Å². The van der Waals surface area contributed by atoms with Crippen LogP contribution in [0.15, 0.2) is 152 Å². The predicted molar refractivity (Wildman–Crippen MR) is 192 cm³/mol. The second kappa shape index (κ2) is 10.0. The average molecular weight is 600 g/mol. The third kappa shape index (κ3) is 3.97. The van der Waals surface area contributed by atoms with E-state index in [-0.39, 0.29) is 0 Å². The Labute approximate surface area is 269 Å². The van der Waals surface area contributed by atoms with Crippen LogP contribution in [0.2, 0.25) is 0 Å². The molecule has 0 fully saturated rings. The third-order valence-corrected chi connectivity index (χ3v) is 9.34. The van der Waals surface area contributed by atoms with E-state index >= 15 is 0 Å².